The van der Waals surface area contributed by atoms with Crippen molar-refractivity contribution in [2.45, 2.75) is 63.0 Å². The van der Waals surface area contributed by atoms with Crippen LogP contribution in [0.5, 0.6) is 0 Å². The first-order chi connectivity index (χ1) is 9.60. The molecule has 20 heavy (non-hydrogen) atoms. The van der Waals surface area contributed by atoms with Crippen molar-refractivity contribution in [1.29, 1.82) is 0 Å². The zero-order valence-electron chi connectivity index (χ0n) is 12.7. The maximum absolute atomic E-state index is 12.7. The second-order valence-corrected chi connectivity index (χ2v) is 7.84. The van der Waals surface area contributed by atoms with E-state index in [0.29, 0.717) is 5.75 Å². The third kappa shape index (κ3) is 4.16. The van der Waals surface area contributed by atoms with E-state index in [2.05, 4.69) is 32.0 Å². The van der Waals surface area contributed by atoms with E-state index in [4.69, 9.17) is 5.73 Å². The Morgan fingerprint density at radius 2 is 2.15 bits per heavy atom. The van der Waals surface area contributed by atoms with Gasteiger partial charge in [-0.25, -0.2) is 0 Å². The first-order valence-electron chi connectivity index (χ1n) is 7.78. The fourth-order valence-electron chi connectivity index (χ4n) is 3.28. The van der Waals surface area contributed by atoms with E-state index < -0.39 is 10.8 Å². The summed E-state index contributed by atoms with van der Waals surface area (Å²) in [6, 6.07) is 8.45. The first kappa shape index (κ1) is 15.7. The van der Waals surface area contributed by atoms with Crippen LogP contribution in [0.25, 0.3) is 0 Å². The van der Waals surface area contributed by atoms with Crippen molar-refractivity contribution in [3.8, 4) is 0 Å². The van der Waals surface area contributed by atoms with Crippen LogP contribution in [0, 0.1) is 12.8 Å². The van der Waals surface area contributed by atoms with Crippen LogP contribution in [0.2, 0.25) is 0 Å². The average Bonchev–Trinajstić information content (AvgIpc) is 2.41. The van der Waals surface area contributed by atoms with Gasteiger partial charge in [0.15, 0.2) is 0 Å². The summed E-state index contributed by atoms with van der Waals surface area (Å²) in [6.45, 7) is 4.31. The quantitative estimate of drug-likeness (QED) is 0.902. The van der Waals surface area contributed by atoms with Crippen LogP contribution in [0.3, 0.4) is 0 Å². The zero-order chi connectivity index (χ0) is 14.5. The fourth-order valence-corrected chi connectivity index (χ4v) is 5.02. The molecule has 1 saturated carbocycles. The number of hydrogen-bond donors (Lipinski definition) is 1. The minimum absolute atomic E-state index is 0.119. The summed E-state index contributed by atoms with van der Waals surface area (Å²) in [7, 11) is -0.845. The number of benzene rings is 1. The van der Waals surface area contributed by atoms with Crippen molar-refractivity contribution in [2.24, 2.45) is 11.7 Å². The standard InChI is InChI=1S/C17H27NOS/c1-3-5-14-8-9-16(18)17(11-14)20(19)12-15-7-4-6-13(2)10-15/h4,6-7,10,14,16-17H,3,5,8-9,11-12,18H2,1-2H3. The van der Waals surface area contributed by atoms with Crippen molar-refractivity contribution in [3.05, 3.63) is 35.4 Å². The van der Waals surface area contributed by atoms with Gasteiger partial charge in [-0.2, -0.15) is 0 Å². The molecular weight excluding hydrogens is 266 g/mol. The highest BCUT2D eigenvalue weighted by Crippen LogP contribution is 2.31. The lowest BCUT2D eigenvalue weighted by atomic mass is 9.83. The van der Waals surface area contributed by atoms with Crippen molar-refractivity contribution < 1.29 is 4.21 Å². The van der Waals surface area contributed by atoms with E-state index in [9.17, 15) is 4.21 Å². The monoisotopic (exact) mass is 293 g/mol. The van der Waals surface area contributed by atoms with E-state index in [1.54, 1.807) is 0 Å². The molecule has 4 atom stereocenters. The van der Waals surface area contributed by atoms with Gasteiger partial charge in [0.1, 0.15) is 0 Å². The summed E-state index contributed by atoms with van der Waals surface area (Å²) in [6.07, 6.45) is 5.78. The summed E-state index contributed by atoms with van der Waals surface area (Å²) in [5, 5.41) is 0.181. The van der Waals surface area contributed by atoms with Gasteiger partial charge in [-0.1, -0.05) is 49.6 Å². The van der Waals surface area contributed by atoms with Gasteiger partial charge in [-0.3, -0.25) is 4.21 Å². The van der Waals surface area contributed by atoms with Crippen LogP contribution in [0.4, 0.5) is 0 Å². The Morgan fingerprint density at radius 3 is 2.85 bits per heavy atom. The zero-order valence-corrected chi connectivity index (χ0v) is 13.5. The molecule has 0 saturated heterocycles. The number of aryl methyl sites for hydroxylation is 1. The van der Waals surface area contributed by atoms with Gasteiger partial charge in [0, 0.05) is 22.6 Å². The minimum Gasteiger partial charge on any atom is -0.327 e. The predicted octanol–water partition coefficient (Wildman–Crippen LogP) is 3.54. The van der Waals surface area contributed by atoms with Crippen LogP contribution in [-0.4, -0.2) is 15.5 Å². The van der Waals surface area contributed by atoms with Gasteiger partial charge in [0.05, 0.1) is 5.25 Å². The molecule has 1 aromatic rings. The molecule has 4 unspecified atom stereocenters. The molecular formula is C17H27NOS. The van der Waals surface area contributed by atoms with Gasteiger partial charge in [0.2, 0.25) is 0 Å². The fraction of sp³-hybridized carbons (Fsp3) is 0.647. The van der Waals surface area contributed by atoms with Crippen molar-refractivity contribution in [1.82, 2.24) is 0 Å². The molecule has 0 heterocycles. The summed E-state index contributed by atoms with van der Waals surface area (Å²) < 4.78 is 12.7. The molecule has 2 rings (SSSR count). The molecule has 1 aliphatic carbocycles. The lowest BCUT2D eigenvalue weighted by molar-refractivity contribution is 0.313. The smallest absolute Gasteiger partial charge is 0.0505 e. The maximum Gasteiger partial charge on any atom is 0.0505 e. The molecule has 1 fully saturated rings. The molecule has 0 aliphatic heterocycles. The third-order valence-corrected chi connectivity index (χ3v) is 6.21. The lowest BCUT2D eigenvalue weighted by Crippen LogP contribution is -2.43. The minimum atomic E-state index is -0.845. The van der Waals surface area contributed by atoms with E-state index >= 15 is 0 Å². The van der Waals surface area contributed by atoms with Gasteiger partial charge in [-0.15, -0.1) is 0 Å². The summed E-state index contributed by atoms with van der Waals surface area (Å²) in [5.74, 6) is 1.38. The Hall–Kier alpha value is -0.670. The summed E-state index contributed by atoms with van der Waals surface area (Å²) >= 11 is 0. The largest absolute Gasteiger partial charge is 0.327 e. The third-order valence-electron chi connectivity index (χ3n) is 4.38. The van der Waals surface area contributed by atoms with E-state index in [0.717, 1.165) is 18.8 Å². The Morgan fingerprint density at radius 1 is 1.35 bits per heavy atom. The van der Waals surface area contributed by atoms with Crippen LogP contribution >= 0.6 is 0 Å². The van der Waals surface area contributed by atoms with Crippen molar-refractivity contribution in [3.63, 3.8) is 0 Å². The predicted molar refractivity (Wildman–Crippen MR) is 87.0 cm³/mol. The van der Waals surface area contributed by atoms with Crippen LogP contribution in [-0.2, 0) is 16.6 Å². The summed E-state index contributed by atoms with van der Waals surface area (Å²) in [4.78, 5) is 0. The second kappa shape index (κ2) is 7.37. The summed E-state index contributed by atoms with van der Waals surface area (Å²) in [5.41, 5.74) is 8.64. The highest BCUT2D eigenvalue weighted by Gasteiger charge is 2.31. The van der Waals surface area contributed by atoms with E-state index in [1.165, 1.54) is 30.4 Å². The van der Waals surface area contributed by atoms with Gasteiger partial charge < -0.3 is 5.73 Å². The Bertz CT molecular complexity index is 460. The van der Waals surface area contributed by atoms with Gasteiger partial charge in [-0.05, 0) is 37.7 Å². The molecule has 0 amide bonds. The molecule has 2 N–H and O–H groups in total. The molecule has 3 heteroatoms. The number of nitrogens with two attached hydrogens (primary N) is 1. The van der Waals surface area contributed by atoms with Crippen LogP contribution in [0.1, 0.15) is 50.2 Å². The Labute approximate surface area is 125 Å². The second-order valence-electron chi connectivity index (χ2n) is 6.18. The molecule has 1 aliphatic rings. The number of rotatable bonds is 5. The first-order valence-corrected chi connectivity index (χ1v) is 9.16. The highest BCUT2D eigenvalue weighted by molar-refractivity contribution is 7.84. The Kier molecular flexibility index (Phi) is 5.79. The molecule has 2 nitrogen and oxygen atoms in total. The molecule has 112 valence electrons. The van der Waals surface area contributed by atoms with Gasteiger partial charge in [0.25, 0.3) is 0 Å². The molecule has 0 radical (unpaired) electrons. The molecule has 0 bridgehead atoms. The van der Waals surface area contributed by atoms with E-state index in [1.807, 2.05) is 6.07 Å². The normalized spacial score (nSPS) is 28.2. The van der Waals surface area contributed by atoms with E-state index in [-0.39, 0.29) is 11.3 Å². The number of hydrogen-bond acceptors (Lipinski definition) is 2. The Balaban J connectivity index is 1.99. The highest BCUT2D eigenvalue weighted by atomic mass is 32.2. The molecule has 1 aromatic carbocycles. The van der Waals surface area contributed by atoms with Gasteiger partial charge >= 0.3 is 0 Å². The van der Waals surface area contributed by atoms with Crippen molar-refractivity contribution in [2.75, 3.05) is 0 Å². The molecule has 0 aromatic heterocycles. The topological polar surface area (TPSA) is 43.1 Å². The average molecular weight is 293 g/mol. The molecule has 0 spiro atoms. The van der Waals surface area contributed by atoms with Crippen molar-refractivity contribution >= 4 is 10.8 Å². The van der Waals surface area contributed by atoms with Crippen LogP contribution in [0.15, 0.2) is 24.3 Å². The lowest BCUT2D eigenvalue weighted by Gasteiger charge is -2.33. The van der Waals surface area contributed by atoms with Crippen LogP contribution < -0.4 is 5.73 Å². The maximum atomic E-state index is 12.7. The SMILES string of the molecule is CCCC1CCC(N)C(S(=O)Cc2cccc(C)c2)C1.